The third kappa shape index (κ3) is 3.10. The number of aryl methyl sites for hydroxylation is 1. The van der Waals surface area contributed by atoms with Crippen molar-refractivity contribution in [2.45, 2.75) is 63.4 Å². The van der Waals surface area contributed by atoms with E-state index in [9.17, 15) is 9.59 Å². The number of esters is 2. The smallest absolute Gasteiger partial charge is 0.338 e. The number of pyridine rings is 1. The molecule has 0 spiro atoms. The summed E-state index contributed by atoms with van der Waals surface area (Å²) in [7, 11) is 1.39. The van der Waals surface area contributed by atoms with Crippen molar-refractivity contribution in [1.29, 1.82) is 0 Å². The van der Waals surface area contributed by atoms with Gasteiger partial charge in [-0.3, -0.25) is 9.78 Å². The van der Waals surface area contributed by atoms with E-state index in [2.05, 4.69) is 25.8 Å². The van der Waals surface area contributed by atoms with Gasteiger partial charge in [-0.1, -0.05) is 52.0 Å². The van der Waals surface area contributed by atoms with Crippen LogP contribution >= 0.6 is 0 Å². The Labute approximate surface area is 183 Å². The molecule has 4 rings (SSSR count). The summed E-state index contributed by atoms with van der Waals surface area (Å²) in [6.45, 7) is 10.3. The molecule has 0 bridgehead atoms. The first-order chi connectivity index (χ1) is 14.5. The fourth-order valence-electron chi connectivity index (χ4n) is 4.88. The van der Waals surface area contributed by atoms with Crippen LogP contribution in [0.4, 0.5) is 0 Å². The minimum atomic E-state index is -0.959. The minimum absolute atomic E-state index is 0.00857. The Morgan fingerprint density at radius 2 is 1.77 bits per heavy atom. The van der Waals surface area contributed by atoms with Gasteiger partial charge in [0.2, 0.25) is 0 Å². The second-order valence-corrected chi connectivity index (χ2v) is 9.78. The van der Waals surface area contributed by atoms with E-state index in [-0.39, 0.29) is 11.4 Å². The molecule has 2 aromatic rings. The van der Waals surface area contributed by atoms with Crippen LogP contribution in [0.1, 0.15) is 67.0 Å². The lowest BCUT2D eigenvalue weighted by Crippen LogP contribution is -2.64. The monoisotopic (exact) mass is 419 g/mol. The number of hydrogen-bond donors (Lipinski definition) is 0. The molecule has 2 aliphatic rings. The van der Waals surface area contributed by atoms with Crippen LogP contribution in [0, 0.1) is 6.92 Å². The van der Waals surface area contributed by atoms with Gasteiger partial charge >= 0.3 is 11.9 Å². The molecule has 0 unspecified atom stereocenters. The Balaban J connectivity index is 1.62. The SMILES string of the molecule is COC(=O)[C@]12C[C@H](OC(=O)c3ccc(C(C)(C)C)cc3)C=C[C@@]1(C)c1ccc(C)nc12. The topological polar surface area (TPSA) is 65.5 Å². The molecule has 0 radical (unpaired) electrons. The van der Waals surface area contributed by atoms with Crippen LogP contribution in [-0.2, 0) is 30.5 Å². The predicted molar refractivity (Wildman–Crippen MR) is 118 cm³/mol. The van der Waals surface area contributed by atoms with Crippen molar-refractivity contribution in [1.82, 2.24) is 4.98 Å². The van der Waals surface area contributed by atoms with Crippen LogP contribution in [0.15, 0.2) is 48.6 Å². The molecular formula is C26H29NO4. The average molecular weight is 420 g/mol. The highest BCUT2D eigenvalue weighted by molar-refractivity contribution is 5.92. The lowest BCUT2D eigenvalue weighted by Gasteiger charge is -2.57. The molecule has 1 aromatic heterocycles. The molecule has 0 amide bonds. The van der Waals surface area contributed by atoms with E-state index in [0.29, 0.717) is 12.0 Å². The van der Waals surface area contributed by atoms with Gasteiger partial charge in [0.15, 0.2) is 0 Å². The van der Waals surface area contributed by atoms with E-state index in [0.717, 1.165) is 22.5 Å². The molecule has 31 heavy (non-hydrogen) atoms. The van der Waals surface area contributed by atoms with Crippen LogP contribution in [0.5, 0.6) is 0 Å². The van der Waals surface area contributed by atoms with Gasteiger partial charge in [0.05, 0.1) is 18.4 Å². The number of nitrogens with zero attached hydrogens (tertiary/aromatic N) is 1. The molecule has 1 heterocycles. The lowest BCUT2D eigenvalue weighted by molar-refractivity contribution is -0.154. The quantitative estimate of drug-likeness (QED) is 0.539. The number of hydrogen-bond acceptors (Lipinski definition) is 5. The zero-order chi connectivity index (χ0) is 22.6. The second-order valence-electron chi connectivity index (χ2n) is 9.78. The zero-order valence-electron chi connectivity index (χ0n) is 19.0. The van der Waals surface area contributed by atoms with Crippen molar-refractivity contribution in [3.63, 3.8) is 0 Å². The van der Waals surface area contributed by atoms with Gasteiger partial charge in [-0.05, 0) is 47.7 Å². The normalized spacial score (nSPS) is 26.3. The van der Waals surface area contributed by atoms with E-state index >= 15 is 0 Å². The van der Waals surface area contributed by atoms with E-state index < -0.39 is 22.9 Å². The molecule has 0 saturated heterocycles. The van der Waals surface area contributed by atoms with Crippen molar-refractivity contribution in [3.8, 4) is 0 Å². The summed E-state index contributed by atoms with van der Waals surface area (Å²) >= 11 is 0. The number of benzene rings is 1. The molecule has 2 aliphatic carbocycles. The maximum atomic E-state index is 13.0. The zero-order valence-corrected chi connectivity index (χ0v) is 19.0. The summed E-state index contributed by atoms with van der Waals surface area (Å²) in [6, 6.07) is 11.5. The summed E-state index contributed by atoms with van der Waals surface area (Å²) in [4.78, 5) is 30.5. The van der Waals surface area contributed by atoms with E-state index in [4.69, 9.17) is 9.47 Å². The molecule has 0 fully saturated rings. The predicted octanol–water partition coefficient (Wildman–Crippen LogP) is 4.56. The first-order valence-corrected chi connectivity index (χ1v) is 10.6. The summed E-state index contributed by atoms with van der Waals surface area (Å²) in [6.07, 6.45) is 3.61. The number of carbonyl (C=O) groups is 2. The Hall–Kier alpha value is -2.95. The maximum absolute atomic E-state index is 13.0. The summed E-state index contributed by atoms with van der Waals surface area (Å²) in [5, 5.41) is 0. The molecule has 0 aliphatic heterocycles. The molecule has 1 aromatic carbocycles. The van der Waals surface area contributed by atoms with Gasteiger partial charge in [0.25, 0.3) is 0 Å². The average Bonchev–Trinajstić information content (AvgIpc) is 2.73. The van der Waals surface area contributed by atoms with E-state index in [1.54, 1.807) is 12.1 Å². The van der Waals surface area contributed by atoms with Crippen molar-refractivity contribution < 1.29 is 19.1 Å². The number of aromatic nitrogens is 1. The van der Waals surface area contributed by atoms with Gasteiger partial charge in [-0.25, -0.2) is 4.79 Å². The van der Waals surface area contributed by atoms with Crippen molar-refractivity contribution in [2.75, 3.05) is 7.11 Å². The van der Waals surface area contributed by atoms with Gasteiger partial charge in [0, 0.05) is 17.5 Å². The minimum Gasteiger partial charge on any atom is -0.468 e. The van der Waals surface area contributed by atoms with Crippen molar-refractivity contribution in [3.05, 3.63) is 76.6 Å². The van der Waals surface area contributed by atoms with Crippen LogP contribution in [0.25, 0.3) is 0 Å². The van der Waals surface area contributed by atoms with Crippen molar-refractivity contribution in [2.24, 2.45) is 0 Å². The van der Waals surface area contributed by atoms with Gasteiger partial charge in [-0.15, -0.1) is 0 Å². The Morgan fingerprint density at radius 3 is 2.39 bits per heavy atom. The number of fused-ring (bicyclic) bond motifs is 4. The molecular weight excluding hydrogens is 390 g/mol. The number of rotatable bonds is 3. The van der Waals surface area contributed by atoms with Crippen LogP contribution in [-0.4, -0.2) is 30.1 Å². The third-order valence-electron chi connectivity index (χ3n) is 6.82. The van der Waals surface area contributed by atoms with Crippen LogP contribution in [0.2, 0.25) is 0 Å². The van der Waals surface area contributed by atoms with Gasteiger partial charge in [-0.2, -0.15) is 0 Å². The largest absolute Gasteiger partial charge is 0.468 e. The molecule has 5 heteroatoms. The van der Waals surface area contributed by atoms with E-state index in [1.807, 2.05) is 50.3 Å². The van der Waals surface area contributed by atoms with Gasteiger partial charge in [0.1, 0.15) is 11.5 Å². The third-order valence-corrected chi connectivity index (χ3v) is 6.82. The molecule has 3 atom stereocenters. The summed E-state index contributed by atoms with van der Waals surface area (Å²) in [5.41, 5.74) is 2.73. The van der Waals surface area contributed by atoms with E-state index in [1.165, 1.54) is 7.11 Å². The Morgan fingerprint density at radius 1 is 1.10 bits per heavy atom. The molecule has 5 nitrogen and oxygen atoms in total. The standard InChI is InChI=1S/C26H29NO4/c1-16-7-12-20-21(27-16)26(23(29)30-6)15-19(13-14-25(20,26)5)31-22(28)17-8-10-18(11-9-17)24(2,3)4/h7-14,19H,15H2,1-6H3/t19-,25+,26-/m1/s1. The van der Waals surface area contributed by atoms with Crippen LogP contribution < -0.4 is 0 Å². The van der Waals surface area contributed by atoms with Crippen LogP contribution in [0.3, 0.4) is 0 Å². The van der Waals surface area contributed by atoms with Crippen molar-refractivity contribution >= 4 is 11.9 Å². The molecule has 0 N–H and O–H groups in total. The Kier molecular flexibility index (Phi) is 4.84. The number of allylic oxidation sites excluding steroid dienone is 1. The Bertz CT molecular complexity index is 1080. The fourth-order valence-corrected chi connectivity index (χ4v) is 4.88. The highest BCUT2D eigenvalue weighted by atomic mass is 16.5. The number of ether oxygens (including phenoxy) is 2. The van der Waals surface area contributed by atoms with Gasteiger partial charge < -0.3 is 9.47 Å². The summed E-state index contributed by atoms with van der Waals surface area (Å²) < 4.78 is 11.0. The highest BCUT2D eigenvalue weighted by Crippen LogP contribution is 2.61. The molecule has 0 saturated carbocycles. The second kappa shape index (κ2) is 7.04. The summed E-state index contributed by atoms with van der Waals surface area (Å²) in [5.74, 6) is -0.754. The highest BCUT2D eigenvalue weighted by Gasteiger charge is 2.68. The number of carbonyl (C=O) groups excluding carboxylic acids is 2. The lowest BCUT2D eigenvalue weighted by atomic mass is 9.45. The first kappa shape index (κ1) is 21.3. The molecule has 162 valence electrons. The number of methoxy groups -OCH3 is 1. The maximum Gasteiger partial charge on any atom is 0.338 e. The fraction of sp³-hybridized carbons (Fsp3) is 0.423. The first-order valence-electron chi connectivity index (χ1n) is 10.6.